The van der Waals surface area contributed by atoms with E-state index in [9.17, 15) is 10.2 Å². The summed E-state index contributed by atoms with van der Waals surface area (Å²) < 4.78 is 18.0. The number of aliphatic hydroxyl groups is 2. The fourth-order valence-corrected chi connectivity index (χ4v) is 6.68. The Morgan fingerprint density at radius 1 is 1.21 bits per heavy atom. The van der Waals surface area contributed by atoms with Crippen molar-refractivity contribution >= 4 is 0 Å². The molecule has 4 aliphatic rings. The third kappa shape index (κ3) is 3.21. The highest BCUT2D eigenvalue weighted by molar-refractivity contribution is 5.40. The number of benzene rings is 1. The van der Waals surface area contributed by atoms with Crippen molar-refractivity contribution in [3.05, 3.63) is 29.3 Å². The van der Waals surface area contributed by atoms with Gasteiger partial charge in [-0.05, 0) is 72.1 Å². The molecule has 3 fully saturated rings. The third-order valence-electron chi connectivity index (χ3n) is 8.51. The maximum absolute atomic E-state index is 10.5. The van der Waals surface area contributed by atoms with E-state index in [1.165, 1.54) is 30.4 Å². The van der Waals surface area contributed by atoms with Gasteiger partial charge in [0.05, 0.1) is 33.0 Å². The molecule has 1 saturated carbocycles. The van der Waals surface area contributed by atoms with Gasteiger partial charge in [-0.15, -0.1) is 0 Å². The van der Waals surface area contributed by atoms with Crippen molar-refractivity contribution in [2.75, 3.05) is 26.9 Å². The smallest absolute Gasteiger partial charge is 0.171 e. The molecule has 5 rings (SSSR count). The molecule has 0 unspecified atom stereocenters. The zero-order chi connectivity index (χ0) is 20.2. The summed E-state index contributed by atoms with van der Waals surface area (Å²) in [7, 11) is 1.74. The summed E-state index contributed by atoms with van der Waals surface area (Å²) in [6, 6.07) is 6.62. The average molecular weight is 403 g/mol. The lowest BCUT2D eigenvalue weighted by molar-refractivity contribution is -0.334. The lowest BCUT2D eigenvalue weighted by atomic mass is 9.52. The first-order valence-electron chi connectivity index (χ1n) is 11.2. The highest BCUT2D eigenvalue weighted by atomic mass is 16.7. The highest BCUT2D eigenvalue weighted by Gasteiger charge is 2.57. The SMILES string of the molecule is COc1ccc2c(c1)CC[C@@H]1[C@@H]2CC[C@]2(C)CO[C@@]3(C[C@@H](O)[C@H](CO)CO3)C[C@@H]12. The standard InChI is InChI=1S/C24H34O5/c1-23-8-7-19-18-6-4-17(27-2)9-15(18)3-5-20(19)21(23)10-24(29-14-23)11-22(26)16(12-25)13-28-24/h4,6,9,16,19-22,25-26H,3,5,7-8,10-14H2,1-2H3/t16-,19-,20-,21+,22-,23-,24-/m1/s1. The van der Waals surface area contributed by atoms with E-state index >= 15 is 0 Å². The van der Waals surface area contributed by atoms with Crippen LogP contribution < -0.4 is 4.74 Å². The molecule has 2 heterocycles. The van der Waals surface area contributed by atoms with Crippen LogP contribution >= 0.6 is 0 Å². The van der Waals surface area contributed by atoms with E-state index in [4.69, 9.17) is 14.2 Å². The predicted octanol–water partition coefficient (Wildman–Crippen LogP) is 3.26. The molecule has 0 aromatic heterocycles. The quantitative estimate of drug-likeness (QED) is 0.795. The molecule has 2 saturated heterocycles. The van der Waals surface area contributed by atoms with E-state index in [0.29, 0.717) is 37.4 Å². The zero-order valence-corrected chi connectivity index (χ0v) is 17.6. The number of aliphatic hydroxyl groups excluding tert-OH is 2. The van der Waals surface area contributed by atoms with Crippen LogP contribution in [0.3, 0.4) is 0 Å². The Labute approximate surface area is 173 Å². The minimum Gasteiger partial charge on any atom is -0.497 e. The van der Waals surface area contributed by atoms with Crippen LogP contribution in [-0.4, -0.2) is 49.0 Å². The Hall–Kier alpha value is -1.14. The molecule has 160 valence electrons. The van der Waals surface area contributed by atoms with Crippen LogP contribution in [0.15, 0.2) is 18.2 Å². The van der Waals surface area contributed by atoms with E-state index in [2.05, 4.69) is 25.1 Å². The maximum Gasteiger partial charge on any atom is 0.171 e. The van der Waals surface area contributed by atoms with Gasteiger partial charge in [-0.1, -0.05) is 13.0 Å². The van der Waals surface area contributed by atoms with Crippen molar-refractivity contribution in [2.45, 2.75) is 63.3 Å². The first kappa shape index (κ1) is 19.8. The van der Waals surface area contributed by atoms with E-state index in [1.807, 2.05) is 0 Å². The predicted molar refractivity (Wildman–Crippen MR) is 109 cm³/mol. The van der Waals surface area contributed by atoms with Crippen LogP contribution in [0.5, 0.6) is 5.75 Å². The minimum atomic E-state index is -0.683. The average Bonchev–Trinajstić information content (AvgIpc) is 2.74. The summed E-state index contributed by atoms with van der Waals surface area (Å²) in [4.78, 5) is 0. The minimum absolute atomic E-state index is 0.0384. The Bertz CT molecular complexity index is 766. The van der Waals surface area contributed by atoms with Gasteiger partial charge in [0.1, 0.15) is 5.75 Å². The van der Waals surface area contributed by atoms with E-state index in [-0.39, 0.29) is 17.9 Å². The van der Waals surface area contributed by atoms with Crippen molar-refractivity contribution in [3.63, 3.8) is 0 Å². The molecule has 0 amide bonds. The van der Waals surface area contributed by atoms with Gasteiger partial charge in [0.15, 0.2) is 5.79 Å². The molecule has 5 nitrogen and oxygen atoms in total. The molecule has 2 aliphatic heterocycles. The van der Waals surface area contributed by atoms with Gasteiger partial charge in [0.2, 0.25) is 0 Å². The van der Waals surface area contributed by atoms with E-state index in [1.54, 1.807) is 7.11 Å². The van der Waals surface area contributed by atoms with Crippen LogP contribution in [0.2, 0.25) is 0 Å². The van der Waals surface area contributed by atoms with Crippen molar-refractivity contribution in [1.29, 1.82) is 0 Å². The lowest BCUT2D eigenvalue weighted by Gasteiger charge is -2.59. The van der Waals surface area contributed by atoms with Crippen LogP contribution in [0.25, 0.3) is 0 Å². The lowest BCUT2D eigenvalue weighted by Crippen LogP contribution is -2.59. The largest absolute Gasteiger partial charge is 0.497 e. The number of ether oxygens (including phenoxy) is 3. The summed E-state index contributed by atoms with van der Waals surface area (Å²) in [5, 5.41) is 20.0. The molecule has 1 aromatic rings. The first-order valence-corrected chi connectivity index (χ1v) is 11.2. The third-order valence-corrected chi connectivity index (χ3v) is 8.51. The van der Waals surface area contributed by atoms with Crippen LogP contribution in [0, 0.1) is 23.2 Å². The number of fused-ring (bicyclic) bond motifs is 5. The van der Waals surface area contributed by atoms with E-state index < -0.39 is 11.9 Å². The first-order chi connectivity index (χ1) is 14.0. The van der Waals surface area contributed by atoms with Gasteiger partial charge in [-0.25, -0.2) is 0 Å². The normalized spacial score (nSPS) is 43.9. The van der Waals surface area contributed by atoms with Gasteiger partial charge < -0.3 is 24.4 Å². The summed E-state index contributed by atoms with van der Waals surface area (Å²) in [5.41, 5.74) is 3.14. The Kier molecular flexibility index (Phi) is 4.93. The molecule has 0 radical (unpaired) electrons. The van der Waals surface area contributed by atoms with Crippen LogP contribution in [0.4, 0.5) is 0 Å². The molecular formula is C24H34O5. The van der Waals surface area contributed by atoms with Gasteiger partial charge in [0, 0.05) is 18.8 Å². The van der Waals surface area contributed by atoms with Crippen molar-refractivity contribution in [2.24, 2.45) is 23.2 Å². The molecule has 2 N–H and O–H groups in total. The number of methoxy groups -OCH3 is 1. The van der Waals surface area contributed by atoms with Crippen molar-refractivity contribution in [1.82, 2.24) is 0 Å². The molecule has 0 bridgehead atoms. The maximum atomic E-state index is 10.5. The number of hydrogen-bond acceptors (Lipinski definition) is 5. The number of rotatable bonds is 2. The second-order valence-electron chi connectivity index (χ2n) is 10.1. The molecule has 2 aliphatic carbocycles. The molecule has 7 atom stereocenters. The second-order valence-corrected chi connectivity index (χ2v) is 10.1. The van der Waals surface area contributed by atoms with Gasteiger partial charge >= 0.3 is 0 Å². The molecule has 1 spiro atoms. The fraction of sp³-hybridized carbons (Fsp3) is 0.750. The Morgan fingerprint density at radius 2 is 2.07 bits per heavy atom. The molecule has 5 heteroatoms. The van der Waals surface area contributed by atoms with Gasteiger partial charge in [-0.2, -0.15) is 0 Å². The molecule has 1 aromatic carbocycles. The summed E-state index contributed by atoms with van der Waals surface area (Å²) in [6.07, 6.45) is 5.44. The summed E-state index contributed by atoms with van der Waals surface area (Å²) >= 11 is 0. The number of hydrogen-bond donors (Lipinski definition) is 2. The fourth-order valence-electron chi connectivity index (χ4n) is 6.68. The van der Waals surface area contributed by atoms with E-state index in [0.717, 1.165) is 18.6 Å². The highest BCUT2D eigenvalue weighted by Crippen LogP contribution is 2.60. The molecular weight excluding hydrogens is 368 g/mol. The van der Waals surface area contributed by atoms with Crippen LogP contribution in [0.1, 0.15) is 56.1 Å². The summed E-state index contributed by atoms with van der Waals surface area (Å²) in [6.45, 7) is 3.42. The second kappa shape index (κ2) is 7.23. The Morgan fingerprint density at radius 3 is 2.83 bits per heavy atom. The Balaban J connectivity index is 1.41. The van der Waals surface area contributed by atoms with Gasteiger partial charge in [-0.3, -0.25) is 0 Å². The topological polar surface area (TPSA) is 68.2 Å². The van der Waals surface area contributed by atoms with Crippen molar-refractivity contribution < 1.29 is 24.4 Å². The monoisotopic (exact) mass is 402 g/mol. The van der Waals surface area contributed by atoms with Crippen LogP contribution in [-0.2, 0) is 15.9 Å². The molecule has 29 heavy (non-hydrogen) atoms. The summed E-state index contributed by atoms with van der Waals surface area (Å²) in [5.74, 6) is 1.83. The van der Waals surface area contributed by atoms with Gasteiger partial charge in [0.25, 0.3) is 0 Å². The van der Waals surface area contributed by atoms with Crippen molar-refractivity contribution in [3.8, 4) is 5.75 Å². The zero-order valence-electron chi connectivity index (χ0n) is 17.6. The number of aryl methyl sites for hydroxylation is 1.